The van der Waals surface area contributed by atoms with Crippen LogP contribution in [0.1, 0.15) is 26.2 Å². The molecule has 6 heteroatoms. The van der Waals surface area contributed by atoms with E-state index in [1.54, 1.807) is 6.20 Å². The first-order valence-electron chi connectivity index (χ1n) is 7.91. The van der Waals surface area contributed by atoms with Gasteiger partial charge in [0.05, 0.1) is 11.9 Å². The van der Waals surface area contributed by atoms with E-state index in [4.69, 9.17) is 0 Å². The van der Waals surface area contributed by atoms with Crippen LogP contribution in [0.2, 0.25) is 0 Å². The van der Waals surface area contributed by atoms with Gasteiger partial charge >= 0.3 is 11.8 Å². The van der Waals surface area contributed by atoms with Gasteiger partial charge in [-0.1, -0.05) is 6.92 Å². The molecule has 0 unspecified atom stereocenters. The number of amides is 2. The van der Waals surface area contributed by atoms with Crippen molar-refractivity contribution in [3.8, 4) is 0 Å². The van der Waals surface area contributed by atoms with Crippen LogP contribution in [0.5, 0.6) is 0 Å². The molecular weight excluding hydrogens is 280 g/mol. The van der Waals surface area contributed by atoms with Crippen molar-refractivity contribution in [2.24, 2.45) is 5.92 Å². The Morgan fingerprint density at radius 1 is 1.27 bits per heavy atom. The van der Waals surface area contributed by atoms with E-state index in [2.05, 4.69) is 26.6 Å². The summed E-state index contributed by atoms with van der Waals surface area (Å²) in [6.45, 7) is 4.96. The maximum absolute atomic E-state index is 11.6. The molecule has 1 aliphatic rings. The first-order chi connectivity index (χ1) is 10.7. The molecule has 6 nitrogen and oxygen atoms in total. The predicted molar refractivity (Wildman–Crippen MR) is 85.5 cm³/mol. The summed E-state index contributed by atoms with van der Waals surface area (Å²) in [5.74, 6) is -0.631. The number of piperidine rings is 1. The maximum Gasteiger partial charge on any atom is 0.309 e. The number of hydrogen-bond acceptors (Lipinski definition) is 4. The average molecular weight is 304 g/mol. The topological polar surface area (TPSA) is 74.3 Å². The summed E-state index contributed by atoms with van der Waals surface area (Å²) in [4.78, 5) is 29.6. The molecule has 22 heavy (non-hydrogen) atoms. The summed E-state index contributed by atoms with van der Waals surface area (Å²) >= 11 is 0. The number of pyridine rings is 1. The molecule has 0 aromatic carbocycles. The second kappa shape index (κ2) is 8.36. The average Bonchev–Trinajstić information content (AvgIpc) is 2.58. The number of aromatic nitrogens is 1. The van der Waals surface area contributed by atoms with Gasteiger partial charge in [0.15, 0.2) is 0 Å². The number of nitrogens with one attached hydrogen (secondary N) is 2. The minimum atomic E-state index is -0.533. The van der Waals surface area contributed by atoms with Gasteiger partial charge in [-0.15, -0.1) is 0 Å². The predicted octanol–water partition coefficient (Wildman–Crippen LogP) is 0.940. The van der Waals surface area contributed by atoms with Crippen LogP contribution in [0.25, 0.3) is 0 Å². The minimum absolute atomic E-state index is 0.427. The largest absolute Gasteiger partial charge is 0.370 e. The Bertz CT molecular complexity index is 484. The van der Waals surface area contributed by atoms with E-state index >= 15 is 0 Å². The Balaban J connectivity index is 1.69. The molecule has 120 valence electrons. The quantitative estimate of drug-likeness (QED) is 0.794. The number of carbonyl (C=O) groups is 2. The van der Waals surface area contributed by atoms with E-state index in [1.165, 1.54) is 0 Å². The number of rotatable bonds is 5. The zero-order valence-corrected chi connectivity index (χ0v) is 13.0. The summed E-state index contributed by atoms with van der Waals surface area (Å²) in [6, 6.07) is 4.00. The van der Waals surface area contributed by atoms with Crippen LogP contribution < -0.4 is 15.5 Å². The molecule has 2 heterocycles. The zero-order chi connectivity index (χ0) is 15.8. The van der Waals surface area contributed by atoms with Crippen molar-refractivity contribution < 1.29 is 9.59 Å². The lowest BCUT2D eigenvalue weighted by Gasteiger charge is -2.33. The lowest BCUT2D eigenvalue weighted by molar-refractivity contribution is -0.139. The number of hydrogen-bond donors (Lipinski definition) is 2. The summed E-state index contributed by atoms with van der Waals surface area (Å²) in [6.07, 6.45) is 6.48. The normalized spacial score (nSPS) is 15.4. The van der Waals surface area contributed by atoms with Crippen molar-refractivity contribution in [1.29, 1.82) is 0 Å². The maximum atomic E-state index is 11.6. The van der Waals surface area contributed by atoms with Crippen LogP contribution in [0.3, 0.4) is 0 Å². The van der Waals surface area contributed by atoms with Gasteiger partial charge < -0.3 is 15.5 Å². The summed E-state index contributed by atoms with van der Waals surface area (Å²) in [5.41, 5.74) is 1.14. The SMILES string of the molecule is CCCNC(=O)C(=O)NCC1CCN(c2cccnc2)CC1. The Morgan fingerprint density at radius 2 is 2.00 bits per heavy atom. The van der Waals surface area contributed by atoms with Crippen molar-refractivity contribution in [3.05, 3.63) is 24.5 Å². The molecule has 1 fully saturated rings. The highest BCUT2D eigenvalue weighted by Crippen LogP contribution is 2.21. The Hall–Kier alpha value is -2.11. The molecule has 1 aromatic rings. The van der Waals surface area contributed by atoms with Crippen molar-refractivity contribution in [2.75, 3.05) is 31.1 Å². The number of carbonyl (C=O) groups excluding carboxylic acids is 2. The number of nitrogens with zero attached hydrogens (tertiary/aromatic N) is 2. The monoisotopic (exact) mass is 304 g/mol. The molecule has 0 saturated carbocycles. The molecule has 0 atom stereocenters. The van der Waals surface area contributed by atoms with Crippen molar-refractivity contribution >= 4 is 17.5 Å². The zero-order valence-electron chi connectivity index (χ0n) is 13.0. The van der Waals surface area contributed by atoms with Crippen molar-refractivity contribution in [3.63, 3.8) is 0 Å². The third-order valence-electron chi connectivity index (χ3n) is 3.92. The van der Waals surface area contributed by atoms with Gasteiger partial charge in [0.1, 0.15) is 0 Å². The van der Waals surface area contributed by atoms with E-state index in [-0.39, 0.29) is 0 Å². The minimum Gasteiger partial charge on any atom is -0.370 e. The van der Waals surface area contributed by atoms with Crippen LogP contribution >= 0.6 is 0 Å². The van der Waals surface area contributed by atoms with E-state index < -0.39 is 11.8 Å². The molecular formula is C16H24N4O2. The second-order valence-electron chi connectivity index (χ2n) is 5.61. The molecule has 2 N–H and O–H groups in total. The molecule has 1 aromatic heterocycles. The fourth-order valence-electron chi connectivity index (χ4n) is 2.57. The van der Waals surface area contributed by atoms with E-state index in [1.807, 2.05) is 19.2 Å². The van der Waals surface area contributed by atoms with Gasteiger partial charge in [-0.25, -0.2) is 0 Å². The molecule has 0 aliphatic carbocycles. The first kappa shape index (κ1) is 16.3. The number of anilines is 1. The summed E-state index contributed by atoms with van der Waals surface area (Å²) < 4.78 is 0. The fraction of sp³-hybridized carbons (Fsp3) is 0.562. The molecule has 1 aliphatic heterocycles. The molecule has 2 amide bonds. The van der Waals surface area contributed by atoms with Gasteiger partial charge in [-0.2, -0.15) is 0 Å². The van der Waals surface area contributed by atoms with Crippen LogP contribution in [-0.2, 0) is 9.59 Å². The standard InChI is InChI=1S/C16H24N4O2/c1-2-7-18-15(21)16(22)19-11-13-5-9-20(10-6-13)14-4-3-8-17-12-14/h3-4,8,12-13H,2,5-7,9-11H2,1H3,(H,18,21)(H,19,22). The van der Waals surface area contributed by atoms with Gasteiger partial charge in [0.25, 0.3) is 0 Å². The first-order valence-corrected chi connectivity index (χ1v) is 7.91. The molecule has 0 bridgehead atoms. The van der Waals surface area contributed by atoms with E-state index in [0.717, 1.165) is 38.0 Å². The van der Waals surface area contributed by atoms with Crippen LogP contribution in [0.15, 0.2) is 24.5 Å². The lowest BCUT2D eigenvalue weighted by Crippen LogP contribution is -2.44. The highest BCUT2D eigenvalue weighted by Gasteiger charge is 2.21. The molecule has 1 saturated heterocycles. The third kappa shape index (κ3) is 4.72. The highest BCUT2D eigenvalue weighted by atomic mass is 16.2. The Labute approximate surface area is 131 Å². The third-order valence-corrected chi connectivity index (χ3v) is 3.92. The second-order valence-corrected chi connectivity index (χ2v) is 5.61. The fourth-order valence-corrected chi connectivity index (χ4v) is 2.57. The summed E-state index contributed by atoms with van der Waals surface area (Å²) in [7, 11) is 0. The van der Waals surface area contributed by atoms with Gasteiger partial charge in [0.2, 0.25) is 0 Å². The lowest BCUT2D eigenvalue weighted by atomic mass is 9.96. The van der Waals surface area contributed by atoms with Gasteiger partial charge in [-0.3, -0.25) is 14.6 Å². The summed E-state index contributed by atoms with van der Waals surface area (Å²) in [5, 5.41) is 5.32. The molecule has 0 radical (unpaired) electrons. The smallest absolute Gasteiger partial charge is 0.309 e. The Kier molecular flexibility index (Phi) is 6.18. The van der Waals surface area contributed by atoms with Crippen molar-refractivity contribution in [1.82, 2.24) is 15.6 Å². The highest BCUT2D eigenvalue weighted by molar-refractivity contribution is 6.35. The van der Waals surface area contributed by atoms with E-state index in [9.17, 15) is 9.59 Å². The molecule has 2 rings (SSSR count). The molecule has 0 spiro atoms. The van der Waals surface area contributed by atoms with Crippen LogP contribution in [0.4, 0.5) is 5.69 Å². The van der Waals surface area contributed by atoms with Crippen LogP contribution in [0, 0.1) is 5.92 Å². The van der Waals surface area contributed by atoms with Gasteiger partial charge in [-0.05, 0) is 37.3 Å². The van der Waals surface area contributed by atoms with Gasteiger partial charge in [0, 0.05) is 32.4 Å². The van der Waals surface area contributed by atoms with Crippen molar-refractivity contribution in [2.45, 2.75) is 26.2 Å². The Morgan fingerprint density at radius 3 is 2.64 bits per heavy atom. The van der Waals surface area contributed by atoms with Crippen LogP contribution in [-0.4, -0.2) is 43.0 Å². The van der Waals surface area contributed by atoms with E-state index in [0.29, 0.717) is 19.0 Å².